The normalized spacial score (nSPS) is 17.9. The van der Waals surface area contributed by atoms with Crippen molar-refractivity contribution < 1.29 is 9.53 Å². The van der Waals surface area contributed by atoms with Crippen LogP contribution in [0.2, 0.25) is 0 Å². The number of hydrogen-bond donors (Lipinski definition) is 0. The number of ether oxygens (including phenoxy) is 1. The molecule has 0 N–H and O–H groups in total. The molecule has 2 rings (SSSR count). The van der Waals surface area contributed by atoms with Crippen molar-refractivity contribution in [1.29, 1.82) is 0 Å². The predicted molar refractivity (Wildman–Crippen MR) is 60.7 cm³/mol. The van der Waals surface area contributed by atoms with Gasteiger partial charge in [-0.1, -0.05) is 18.2 Å². The molecule has 4 nitrogen and oxygen atoms in total. The SMILES string of the molecule is CC(=O)N1N=C(c2ccccc2)OC1(C)C. The number of amides is 1. The summed E-state index contributed by atoms with van der Waals surface area (Å²) in [6.45, 7) is 5.10. The van der Waals surface area contributed by atoms with Gasteiger partial charge in [-0.3, -0.25) is 4.79 Å². The number of benzene rings is 1. The lowest BCUT2D eigenvalue weighted by Gasteiger charge is -2.25. The molecule has 4 heteroatoms. The Bertz CT molecular complexity index is 438. The Hall–Kier alpha value is -1.84. The van der Waals surface area contributed by atoms with Crippen molar-refractivity contribution in [3.8, 4) is 0 Å². The van der Waals surface area contributed by atoms with Crippen LogP contribution < -0.4 is 0 Å². The van der Waals surface area contributed by atoms with Crippen molar-refractivity contribution in [2.45, 2.75) is 26.5 Å². The molecule has 1 aromatic carbocycles. The largest absolute Gasteiger partial charge is 0.448 e. The van der Waals surface area contributed by atoms with Crippen LogP contribution >= 0.6 is 0 Å². The average molecular weight is 218 g/mol. The van der Waals surface area contributed by atoms with Gasteiger partial charge >= 0.3 is 0 Å². The molecule has 0 bridgehead atoms. The fourth-order valence-corrected chi connectivity index (χ4v) is 1.66. The van der Waals surface area contributed by atoms with Gasteiger partial charge in [0.1, 0.15) is 0 Å². The van der Waals surface area contributed by atoms with Gasteiger partial charge in [0.2, 0.25) is 17.5 Å². The minimum absolute atomic E-state index is 0.129. The van der Waals surface area contributed by atoms with Crippen molar-refractivity contribution in [3.05, 3.63) is 35.9 Å². The fraction of sp³-hybridized carbons (Fsp3) is 0.333. The Morgan fingerprint density at radius 3 is 2.44 bits per heavy atom. The van der Waals surface area contributed by atoms with E-state index >= 15 is 0 Å². The van der Waals surface area contributed by atoms with Crippen LogP contribution in [0.4, 0.5) is 0 Å². The van der Waals surface area contributed by atoms with Gasteiger partial charge in [-0.25, -0.2) is 0 Å². The maximum Gasteiger partial charge on any atom is 0.243 e. The second-order valence-corrected chi connectivity index (χ2v) is 4.15. The zero-order chi connectivity index (χ0) is 11.8. The number of carbonyl (C=O) groups is 1. The maximum atomic E-state index is 11.4. The highest BCUT2D eigenvalue weighted by molar-refractivity contribution is 5.96. The third-order valence-electron chi connectivity index (χ3n) is 2.37. The van der Waals surface area contributed by atoms with Crippen LogP contribution in [0.25, 0.3) is 0 Å². The molecule has 0 saturated carbocycles. The lowest BCUT2D eigenvalue weighted by Crippen LogP contribution is -2.41. The van der Waals surface area contributed by atoms with E-state index in [9.17, 15) is 4.79 Å². The highest BCUT2D eigenvalue weighted by Crippen LogP contribution is 2.26. The molecule has 0 fully saturated rings. The van der Waals surface area contributed by atoms with Crippen LogP contribution in [-0.2, 0) is 9.53 Å². The first kappa shape index (κ1) is 10.7. The fourth-order valence-electron chi connectivity index (χ4n) is 1.66. The topological polar surface area (TPSA) is 41.9 Å². The molecule has 1 aliphatic rings. The third kappa shape index (κ3) is 1.78. The lowest BCUT2D eigenvalue weighted by molar-refractivity contribution is -0.142. The van der Waals surface area contributed by atoms with Gasteiger partial charge in [0.25, 0.3) is 0 Å². The van der Waals surface area contributed by atoms with E-state index in [2.05, 4.69) is 5.10 Å². The number of nitrogens with zero attached hydrogens (tertiary/aromatic N) is 2. The van der Waals surface area contributed by atoms with Crippen LogP contribution in [0.3, 0.4) is 0 Å². The van der Waals surface area contributed by atoms with E-state index < -0.39 is 5.72 Å². The Morgan fingerprint density at radius 1 is 1.31 bits per heavy atom. The summed E-state index contributed by atoms with van der Waals surface area (Å²) >= 11 is 0. The van der Waals surface area contributed by atoms with Gasteiger partial charge in [-0.2, -0.15) is 5.01 Å². The van der Waals surface area contributed by atoms with E-state index in [1.807, 2.05) is 44.2 Å². The Kier molecular flexibility index (Phi) is 2.42. The molecule has 0 aromatic heterocycles. The number of carbonyl (C=O) groups excluding carboxylic acids is 1. The van der Waals surface area contributed by atoms with Gasteiger partial charge in [-0.15, -0.1) is 5.10 Å². The maximum absolute atomic E-state index is 11.4. The van der Waals surface area contributed by atoms with Crippen LogP contribution in [0, 0.1) is 0 Å². The average Bonchev–Trinajstić information content (AvgIpc) is 2.56. The second kappa shape index (κ2) is 3.63. The molecule has 0 unspecified atom stereocenters. The van der Waals surface area contributed by atoms with Gasteiger partial charge in [0.05, 0.1) is 0 Å². The van der Waals surface area contributed by atoms with Crippen molar-refractivity contribution in [2.75, 3.05) is 0 Å². The highest BCUT2D eigenvalue weighted by Gasteiger charge is 2.38. The van der Waals surface area contributed by atoms with Crippen LogP contribution in [0.5, 0.6) is 0 Å². The molecular weight excluding hydrogens is 204 g/mol. The third-order valence-corrected chi connectivity index (χ3v) is 2.37. The molecule has 0 saturated heterocycles. The van der Waals surface area contributed by atoms with Crippen LogP contribution in [0.15, 0.2) is 35.4 Å². The first-order valence-corrected chi connectivity index (χ1v) is 5.14. The summed E-state index contributed by atoms with van der Waals surface area (Å²) in [7, 11) is 0. The summed E-state index contributed by atoms with van der Waals surface area (Å²) in [5.74, 6) is 0.358. The monoisotopic (exact) mass is 218 g/mol. The van der Waals surface area contributed by atoms with Crippen molar-refractivity contribution in [2.24, 2.45) is 5.10 Å². The van der Waals surface area contributed by atoms with Crippen molar-refractivity contribution >= 4 is 11.8 Å². The molecule has 84 valence electrons. The molecule has 1 aromatic rings. The Balaban J connectivity index is 2.33. The summed E-state index contributed by atoms with van der Waals surface area (Å²) in [6, 6.07) is 9.54. The van der Waals surface area contributed by atoms with E-state index in [4.69, 9.17) is 4.74 Å². The zero-order valence-corrected chi connectivity index (χ0v) is 9.60. The van der Waals surface area contributed by atoms with Crippen molar-refractivity contribution in [1.82, 2.24) is 5.01 Å². The van der Waals surface area contributed by atoms with Gasteiger partial charge < -0.3 is 4.74 Å². The first-order chi connectivity index (χ1) is 7.50. The number of hydrazone groups is 1. The summed E-state index contributed by atoms with van der Waals surface area (Å²) in [4.78, 5) is 11.4. The van der Waals surface area contributed by atoms with E-state index in [1.54, 1.807) is 0 Å². The van der Waals surface area contributed by atoms with E-state index in [0.29, 0.717) is 5.90 Å². The van der Waals surface area contributed by atoms with Crippen LogP contribution in [-0.4, -0.2) is 22.5 Å². The summed E-state index contributed by atoms with van der Waals surface area (Å²) < 4.78 is 5.66. The molecule has 1 aliphatic heterocycles. The Labute approximate surface area is 94.5 Å². The molecule has 1 amide bonds. The minimum Gasteiger partial charge on any atom is -0.448 e. The highest BCUT2D eigenvalue weighted by atomic mass is 16.5. The van der Waals surface area contributed by atoms with Gasteiger partial charge in [0.15, 0.2) is 0 Å². The molecule has 0 spiro atoms. The molecule has 16 heavy (non-hydrogen) atoms. The second-order valence-electron chi connectivity index (χ2n) is 4.15. The first-order valence-electron chi connectivity index (χ1n) is 5.14. The molecule has 1 heterocycles. The van der Waals surface area contributed by atoms with Crippen molar-refractivity contribution in [3.63, 3.8) is 0 Å². The summed E-state index contributed by atoms with van der Waals surface area (Å²) in [5.41, 5.74) is 0.163. The molecular formula is C12H14N2O2. The predicted octanol–water partition coefficient (Wildman–Crippen LogP) is 1.96. The van der Waals surface area contributed by atoms with E-state index in [0.717, 1.165) is 5.56 Å². The summed E-state index contributed by atoms with van der Waals surface area (Å²) in [5, 5.41) is 5.55. The minimum atomic E-state index is -0.711. The molecule has 0 atom stereocenters. The summed E-state index contributed by atoms with van der Waals surface area (Å²) in [6.07, 6.45) is 0. The number of rotatable bonds is 1. The molecule has 0 aliphatic carbocycles. The standard InChI is InChI=1S/C12H14N2O2/c1-9(15)14-12(2,3)16-11(13-14)10-7-5-4-6-8-10/h4-8H,1-3H3. The van der Waals surface area contributed by atoms with E-state index in [1.165, 1.54) is 11.9 Å². The van der Waals surface area contributed by atoms with Gasteiger partial charge in [-0.05, 0) is 26.0 Å². The van der Waals surface area contributed by atoms with Gasteiger partial charge in [0, 0.05) is 12.5 Å². The smallest absolute Gasteiger partial charge is 0.243 e. The number of hydrogen-bond acceptors (Lipinski definition) is 3. The van der Waals surface area contributed by atoms with E-state index in [-0.39, 0.29) is 5.91 Å². The van der Waals surface area contributed by atoms with Crippen LogP contribution in [0.1, 0.15) is 26.3 Å². The Morgan fingerprint density at radius 2 is 1.94 bits per heavy atom. The lowest BCUT2D eigenvalue weighted by atomic mass is 10.2. The molecule has 0 radical (unpaired) electrons. The quantitative estimate of drug-likeness (QED) is 0.723. The zero-order valence-electron chi connectivity index (χ0n) is 9.60.